The van der Waals surface area contributed by atoms with Crippen molar-refractivity contribution < 1.29 is 9.53 Å². The Labute approximate surface area is 103 Å². The van der Waals surface area contributed by atoms with E-state index >= 15 is 0 Å². The fourth-order valence-corrected chi connectivity index (χ4v) is 2.41. The molecule has 2 saturated heterocycles. The Morgan fingerprint density at radius 3 is 2.82 bits per heavy atom. The monoisotopic (exact) mass is 241 g/mol. The van der Waals surface area contributed by atoms with Crippen LogP contribution in [-0.2, 0) is 4.74 Å². The number of rotatable bonds is 4. The lowest BCUT2D eigenvalue weighted by molar-refractivity contribution is 0.0557. The molecule has 2 aliphatic rings. The molecular weight excluding hydrogens is 218 g/mol. The molecular formula is C12H23N3O2. The molecule has 0 aromatic carbocycles. The van der Waals surface area contributed by atoms with Crippen LogP contribution in [-0.4, -0.2) is 44.9 Å². The molecule has 0 radical (unpaired) electrons. The normalized spacial score (nSPS) is 28.9. The molecule has 2 heterocycles. The minimum Gasteiger partial charge on any atom is -0.381 e. The van der Waals surface area contributed by atoms with Gasteiger partial charge in [-0.05, 0) is 38.1 Å². The summed E-state index contributed by atoms with van der Waals surface area (Å²) in [4.78, 5) is 11.6. The maximum Gasteiger partial charge on any atom is 0.314 e. The number of ether oxygens (including phenoxy) is 1. The number of nitrogens with one attached hydrogen (secondary N) is 3. The molecule has 98 valence electrons. The minimum atomic E-state index is -0.0516. The van der Waals surface area contributed by atoms with Gasteiger partial charge in [-0.3, -0.25) is 0 Å². The van der Waals surface area contributed by atoms with Crippen molar-refractivity contribution in [2.24, 2.45) is 5.92 Å². The Kier molecular flexibility index (Phi) is 5.07. The molecule has 0 aromatic rings. The van der Waals surface area contributed by atoms with Crippen molar-refractivity contribution in [1.82, 2.24) is 16.0 Å². The van der Waals surface area contributed by atoms with Gasteiger partial charge in [-0.25, -0.2) is 4.79 Å². The third-order valence-electron chi connectivity index (χ3n) is 3.48. The van der Waals surface area contributed by atoms with E-state index in [2.05, 4.69) is 16.0 Å². The lowest BCUT2D eigenvalue weighted by Crippen LogP contribution is -2.44. The van der Waals surface area contributed by atoms with E-state index in [4.69, 9.17) is 4.74 Å². The summed E-state index contributed by atoms with van der Waals surface area (Å²) in [7, 11) is 0. The second kappa shape index (κ2) is 6.81. The lowest BCUT2D eigenvalue weighted by Gasteiger charge is -2.22. The second-order valence-electron chi connectivity index (χ2n) is 4.97. The predicted octanol–water partition coefficient (Wildman–Crippen LogP) is 0.464. The molecule has 3 N–H and O–H groups in total. The predicted molar refractivity (Wildman–Crippen MR) is 66.0 cm³/mol. The Bertz CT molecular complexity index is 236. The Morgan fingerprint density at radius 1 is 1.24 bits per heavy atom. The molecule has 0 spiro atoms. The summed E-state index contributed by atoms with van der Waals surface area (Å²) >= 11 is 0. The molecule has 0 aliphatic carbocycles. The number of hydrogen-bond donors (Lipinski definition) is 3. The molecule has 2 unspecified atom stereocenters. The van der Waals surface area contributed by atoms with E-state index in [9.17, 15) is 4.79 Å². The SMILES string of the molecule is O=C(NCC1CCCOC1)NCC1CCCN1. The van der Waals surface area contributed by atoms with Gasteiger partial charge >= 0.3 is 6.03 Å². The van der Waals surface area contributed by atoms with Gasteiger partial charge in [0.15, 0.2) is 0 Å². The summed E-state index contributed by atoms with van der Waals surface area (Å²) in [6.45, 7) is 4.19. The average Bonchev–Trinajstić information content (AvgIpc) is 2.88. The number of amides is 2. The fourth-order valence-electron chi connectivity index (χ4n) is 2.41. The zero-order valence-corrected chi connectivity index (χ0v) is 10.3. The molecule has 5 heteroatoms. The van der Waals surface area contributed by atoms with Gasteiger partial charge in [0.05, 0.1) is 6.61 Å². The van der Waals surface area contributed by atoms with Gasteiger partial charge in [0.1, 0.15) is 0 Å². The van der Waals surface area contributed by atoms with Crippen LogP contribution in [0.4, 0.5) is 4.79 Å². The van der Waals surface area contributed by atoms with Crippen molar-refractivity contribution in [3.05, 3.63) is 0 Å². The maximum absolute atomic E-state index is 11.6. The number of carbonyl (C=O) groups is 1. The summed E-state index contributed by atoms with van der Waals surface area (Å²) in [5, 5.41) is 9.18. The largest absolute Gasteiger partial charge is 0.381 e. The quantitative estimate of drug-likeness (QED) is 0.670. The molecule has 2 fully saturated rings. The standard InChI is InChI=1S/C12H23N3O2/c16-12(15-8-11-4-1-5-13-11)14-7-10-3-2-6-17-9-10/h10-11,13H,1-9H2,(H2,14,15,16). The Morgan fingerprint density at radius 2 is 2.12 bits per heavy atom. The van der Waals surface area contributed by atoms with Crippen molar-refractivity contribution in [3.63, 3.8) is 0 Å². The first-order chi connectivity index (χ1) is 8.34. The molecule has 5 nitrogen and oxygen atoms in total. The first-order valence-electron chi connectivity index (χ1n) is 6.67. The van der Waals surface area contributed by atoms with E-state index < -0.39 is 0 Å². The molecule has 2 amide bonds. The summed E-state index contributed by atoms with van der Waals surface area (Å²) in [5.41, 5.74) is 0. The van der Waals surface area contributed by atoms with Gasteiger partial charge in [-0.1, -0.05) is 0 Å². The van der Waals surface area contributed by atoms with Gasteiger partial charge in [0, 0.05) is 25.7 Å². The molecule has 17 heavy (non-hydrogen) atoms. The van der Waals surface area contributed by atoms with Crippen LogP contribution in [0.3, 0.4) is 0 Å². The topological polar surface area (TPSA) is 62.4 Å². The first-order valence-corrected chi connectivity index (χ1v) is 6.67. The summed E-state index contributed by atoms with van der Waals surface area (Å²) in [6.07, 6.45) is 4.65. The van der Waals surface area contributed by atoms with Crippen molar-refractivity contribution in [3.8, 4) is 0 Å². The zero-order valence-electron chi connectivity index (χ0n) is 10.3. The highest BCUT2D eigenvalue weighted by molar-refractivity contribution is 5.73. The molecule has 2 atom stereocenters. The minimum absolute atomic E-state index is 0.0516. The van der Waals surface area contributed by atoms with Gasteiger partial charge in [-0.2, -0.15) is 0 Å². The van der Waals surface area contributed by atoms with Crippen LogP contribution < -0.4 is 16.0 Å². The Hall–Kier alpha value is -0.810. The molecule has 2 rings (SSSR count). The van der Waals surface area contributed by atoms with E-state index in [1.165, 1.54) is 6.42 Å². The van der Waals surface area contributed by atoms with Gasteiger partial charge in [0.2, 0.25) is 0 Å². The number of carbonyl (C=O) groups excluding carboxylic acids is 1. The summed E-state index contributed by atoms with van der Waals surface area (Å²) in [5.74, 6) is 0.485. The Balaban J connectivity index is 1.53. The van der Waals surface area contributed by atoms with Crippen LogP contribution in [0.5, 0.6) is 0 Å². The molecule has 0 aromatic heterocycles. The lowest BCUT2D eigenvalue weighted by atomic mass is 10.0. The van der Waals surface area contributed by atoms with E-state index in [0.29, 0.717) is 12.0 Å². The second-order valence-corrected chi connectivity index (χ2v) is 4.97. The smallest absolute Gasteiger partial charge is 0.314 e. The van der Waals surface area contributed by atoms with Crippen LogP contribution in [0.25, 0.3) is 0 Å². The zero-order chi connectivity index (χ0) is 11.9. The number of hydrogen-bond acceptors (Lipinski definition) is 3. The van der Waals surface area contributed by atoms with Gasteiger partial charge < -0.3 is 20.7 Å². The van der Waals surface area contributed by atoms with Crippen LogP contribution in [0.1, 0.15) is 25.7 Å². The highest BCUT2D eigenvalue weighted by Crippen LogP contribution is 2.11. The number of urea groups is 1. The highest BCUT2D eigenvalue weighted by Gasteiger charge is 2.16. The molecule has 0 saturated carbocycles. The third-order valence-corrected chi connectivity index (χ3v) is 3.48. The highest BCUT2D eigenvalue weighted by atomic mass is 16.5. The van der Waals surface area contributed by atoms with Gasteiger partial charge in [-0.15, -0.1) is 0 Å². The van der Waals surface area contributed by atoms with E-state index in [-0.39, 0.29) is 6.03 Å². The van der Waals surface area contributed by atoms with Crippen LogP contribution in [0, 0.1) is 5.92 Å². The van der Waals surface area contributed by atoms with E-state index in [0.717, 1.165) is 52.1 Å². The van der Waals surface area contributed by atoms with Crippen molar-refractivity contribution in [1.29, 1.82) is 0 Å². The van der Waals surface area contributed by atoms with Crippen LogP contribution in [0.15, 0.2) is 0 Å². The van der Waals surface area contributed by atoms with E-state index in [1.807, 2.05) is 0 Å². The average molecular weight is 241 g/mol. The maximum atomic E-state index is 11.6. The molecule has 0 bridgehead atoms. The van der Waals surface area contributed by atoms with Gasteiger partial charge in [0.25, 0.3) is 0 Å². The summed E-state index contributed by atoms with van der Waals surface area (Å²) < 4.78 is 5.37. The molecule has 2 aliphatic heterocycles. The summed E-state index contributed by atoms with van der Waals surface area (Å²) in [6, 6.07) is 0.406. The third kappa shape index (κ3) is 4.52. The van der Waals surface area contributed by atoms with E-state index in [1.54, 1.807) is 0 Å². The fraction of sp³-hybridized carbons (Fsp3) is 0.917. The van der Waals surface area contributed by atoms with Crippen molar-refractivity contribution in [2.45, 2.75) is 31.7 Å². The van der Waals surface area contributed by atoms with Crippen LogP contribution >= 0.6 is 0 Å². The van der Waals surface area contributed by atoms with Crippen molar-refractivity contribution >= 4 is 6.03 Å². The van der Waals surface area contributed by atoms with Crippen LogP contribution in [0.2, 0.25) is 0 Å². The van der Waals surface area contributed by atoms with Crippen molar-refractivity contribution in [2.75, 3.05) is 32.8 Å². The first kappa shape index (κ1) is 12.6.